The Hall–Kier alpha value is -2.18. The average molecular weight is 331 g/mol. The highest BCUT2D eigenvalue weighted by atomic mass is 16.2. The number of carbonyl (C=O) groups is 1. The number of fused-ring (bicyclic) bond motifs is 1. The average Bonchev–Trinajstić information content (AvgIpc) is 3.15. The molecule has 2 aromatic rings. The van der Waals surface area contributed by atoms with Crippen molar-refractivity contribution in [2.45, 2.75) is 58.0 Å². The molecule has 3 rings (SSSR count). The minimum atomic E-state index is -0.225. The minimum absolute atomic E-state index is 0.00760. The van der Waals surface area contributed by atoms with Crippen molar-refractivity contribution < 1.29 is 4.79 Å². The molecule has 0 saturated heterocycles. The first-order valence-corrected chi connectivity index (χ1v) is 8.76. The minimum Gasteiger partial charge on any atom is -0.352 e. The third-order valence-electron chi connectivity index (χ3n) is 4.97. The molecule has 7 heteroatoms. The van der Waals surface area contributed by atoms with E-state index in [1.54, 1.807) is 11.7 Å². The third-order valence-corrected chi connectivity index (χ3v) is 4.97. The second-order valence-electron chi connectivity index (χ2n) is 6.69. The van der Waals surface area contributed by atoms with Crippen molar-refractivity contribution in [2.24, 2.45) is 13.0 Å². The monoisotopic (exact) mass is 331 g/mol. The van der Waals surface area contributed by atoms with Crippen LogP contribution >= 0.6 is 0 Å². The van der Waals surface area contributed by atoms with Crippen LogP contribution in [0.2, 0.25) is 0 Å². The fraction of sp³-hybridized carbons (Fsp3) is 0.647. The fourth-order valence-corrected chi connectivity index (χ4v) is 3.63. The number of carbonyl (C=O) groups excluding carboxylic acids is 1. The molecule has 0 aliphatic heterocycles. The Morgan fingerprint density at radius 1 is 1.42 bits per heavy atom. The number of nitrogens with one attached hydrogen (secondary N) is 1. The first-order valence-electron chi connectivity index (χ1n) is 8.76. The van der Waals surface area contributed by atoms with Crippen LogP contribution in [0.25, 0.3) is 11.0 Å². The van der Waals surface area contributed by atoms with Gasteiger partial charge >= 0.3 is 0 Å². The number of amides is 1. The maximum atomic E-state index is 12.4. The van der Waals surface area contributed by atoms with Crippen molar-refractivity contribution in [3.05, 3.63) is 22.9 Å². The number of rotatable bonds is 6. The molecule has 0 aromatic carbocycles. The van der Waals surface area contributed by atoms with E-state index in [9.17, 15) is 9.59 Å². The lowest BCUT2D eigenvalue weighted by Gasteiger charge is -2.21. The molecule has 2 aromatic heterocycles. The van der Waals surface area contributed by atoms with E-state index in [1.165, 1.54) is 49.2 Å². The number of nitrogens with zero attached hydrogens (tertiary/aromatic N) is 4. The molecule has 130 valence electrons. The molecule has 2 atom stereocenters. The lowest BCUT2D eigenvalue weighted by atomic mass is 9.97. The van der Waals surface area contributed by atoms with Crippen LogP contribution in [0.3, 0.4) is 0 Å². The van der Waals surface area contributed by atoms with Crippen molar-refractivity contribution in [3.8, 4) is 0 Å². The second kappa shape index (κ2) is 7.15. The molecular weight excluding hydrogens is 306 g/mol. The summed E-state index contributed by atoms with van der Waals surface area (Å²) in [5.74, 6) is 0.458. The standard InChI is InChI=1S/C17H25N5O2/c1-3-4-6-12-7-5-8-14(12)20-15(23)10-22-11-18-16-13(17(22)24)9-19-21(16)2/h9,11-12,14H,3-8,10H2,1-2H3,(H,20,23)/t12-,14-/m1/s1. The lowest BCUT2D eigenvalue weighted by molar-refractivity contribution is -0.122. The molecule has 0 spiro atoms. The van der Waals surface area contributed by atoms with Gasteiger partial charge in [-0.3, -0.25) is 18.8 Å². The smallest absolute Gasteiger partial charge is 0.264 e. The number of aromatic nitrogens is 4. The highest BCUT2D eigenvalue weighted by Crippen LogP contribution is 2.29. The molecule has 1 N–H and O–H groups in total. The molecule has 0 radical (unpaired) electrons. The van der Waals surface area contributed by atoms with Gasteiger partial charge in [0.05, 0.1) is 6.20 Å². The zero-order valence-electron chi connectivity index (χ0n) is 14.4. The molecule has 2 heterocycles. The molecule has 1 aliphatic rings. The topological polar surface area (TPSA) is 81.8 Å². The predicted molar refractivity (Wildman–Crippen MR) is 91.6 cm³/mol. The van der Waals surface area contributed by atoms with Gasteiger partial charge in [-0.15, -0.1) is 0 Å². The summed E-state index contributed by atoms with van der Waals surface area (Å²) in [5.41, 5.74) is 0.310. The Bertz CT molecular complexity index is 779. The Kier molecular flexibility index (Phi) is 4.97. The van der Waals surface area contributed by atoms with Crippen LogP contribution in [-0.4, -0.2) is 31.3 Å². The first-order chi connectivity index (χ1) is 11.6. The van der Waals surface area contributed by atoms with Gasteiger partial charge in [0.15, 0.2) is 5.65 Å². The Balaban J connectivity index is 1.67. The lowest BCUT2D eigenvalue weighted by Crippen LogP contribution is -2.40. The van der Waals surface area contributed by atoms with E-state index in [0.29, 0.717) is 17.0 Å². The molecule has 0 unspecified atom stereocenters. The third kappa shape index (κ3) is 3.34. The summed E-state index contributed by atoms with van der Waals surface area (Å²) >= 11 is 0. The van der Waals surface area contributed by atoms with Gasteiger partial charge in [0.25, 0.3) is 5.56 Å². The number of hydrogen-bond donors (Lipinski definition) is 1. The van der Waals surface area contributed by atoms with Crippen LogP contribution in [0.1, 0.15) is 45.4 Å². The number of aryl methyl sites for hydroxylation is 1. The van der Waals surface area contributed by atoms with Gasteiger partial charge in [0.2, 0.25) is 5.91 Å². The van der Waals surface area contributed by atoms with Crippen molar-refractivity contribution in [2.75, 3.05) is 0 Å². The maximum absolute atomic E-state index is 12.4. The van der Waals surface area contributed by atoms with E-state index in [1.807, 2.05) is 0 Å². The molecule has 1 amide bonds. The van der Waals surface area contributed by atoms with E-state index < -0.39 is 0 Å². The summed E-state index contributed by atoms with van der Waals surface area (Å²) in [4.78, 5) is 29.0. The second-order valence-corrected chi connectivity index (χ2v) is 6.69. The van der Waals surface area contributed by atoms with Gasteiger partial charge in [-0.05, 0) is 25.2 Å². The van der Waals surface area contributed by atoms with Gasteiger partial charge in [0, 0.05) is 13.1 Å². The Morgan fingerprint density at radius 2 is 2.25 bits per heavy atom. The highest BCUT2D eigenvalue weighted by molar-refractivity contribution is 5.77. The van der Waals surface area contributed by atoms with Crippen LogP contribution in [0.15, 0.2) is 17.3 Å². The van der Waals surface area contributed by atoms with Crippen molar-refractivity contribution in [1.29, 1.82) is 0 Å². The van der Waals surface area contributed by atoms with Gasteiger partial charge < -0.3 is 5.32 Å². The van der Waals surface area contributed by atoms with Gasteiger partial charge in [-0.1, -0.05) is 26.2 Å². The van der Waals surface area contributed by atoms with E-state index in [-0.39, 0.29) is 24.1 Å². The predicted octanol–water partition coefficient (Wildman–Crippen LogP) is 1.61. The quantitative estimate of drug-likeness (QED) is 0.872. The molecule has 1 aliphatic carbocycles. The van der Waals surface area contributed by atoms with Gasteiger partial charge in [0.1, 0.15) is 18.3 Å². The zero-order chi connectivity index (χ0) is 17.1. The summed E-state index contributed by atoms with van der Waals surface area (Å²) in [6.45, 7) is 2.20. The molecule has 7 nitrogen and oxygen atoms in total. The summed E-state index contributed by atoms with van der Waals surface area (Å²) in [6.07, 6.45) is 9.88. The Labute approximate surface area is 141 Å². The number of unbranched alkanes of at least 4 members (excludes halogenated alkanes) is 1. The van der Waals surface area contributed by atoms with Crippen molar-refractivity contribution in [3.63, 3.8) is 0 Å². The van der Waals surface area contributed by atoms with Crippen molar-refractivity contribution >= 4 is 16.9 Å². The van der Waals surface area contributed by atoms with Crippen LogP contribution in [0.4, 0.5) is 0 Å². The summed E-state index contributed by atoms with van der Waals surface area (Å²) in [5, 5.41) is 7.60. The molecule has 1 saturated carbocycles. The maximum Gasteiger partial charge on any atom is 0.264 e. The van der Waals surface area contributed by atoms with Crippen molar-refractivity contribution in [1.82, 2.24) is 24.6 Å². The number of hydrogen-bond acceptors (Lipinski definition) is 4. The summed E-state index contributed by atoms with van der Waals surface area (Å²) < 4.78 is 2.91. The van der Waals surface area contributed by atoms with E-state index in [0.717, 1.165) is 6.42 Å². The van der Waals surface area contributed by atoms with Gasteiger partial charge in [-0.2, -0.15) is 5.10 Å². The summed E-state index contributed by atoms with van der Waals surface area (Å²) in [7, 11) is 1.74. The van der Waals surface area contributed by atoms with E-state index >= 15 is 0 Å². The van der Waals surface area contributed by atoms with Crippen LogP contribution < -0.4 is 10.9 Å². The molecule has 24 heavy (non-hydrogen) atoms. The fourth-order valence-electron chi connectivity index (χ4n) is 3.63. The van der Waals surface area contributed by atoms with Gasteiger partial charge in [-0.25, -0.2) is 4.98 Å². The van der Waals surface area contributed by atoms with Crippen LogP contribution in [0.5, 0.6) is 0 Å². The van der Waals surface area contributed by atoms with E-state index in [2.05, 4.69) is 22.3 Å². The molecule has 1 fully saturated rings. The largest absolute Gasteiger partial charge is 0.352 e. The molecular formula is C17H25N5O2. The summed E-state index contributed by atoms with van der Waals surface area (Å²) in [6, 6.07) is 0.245. The van der Waals surface area contributed by atoms with E-state index in [4.69, 9.17) is 0 Å². The first kappa shape index (κ1) is 16.7. The molecule has 0 bridgehead atoms. The SMILES string of the molecule is CCCC[C@@H]1CCC[C@H]1NC(=O)Cn1cnc2c(cnn2C)c1=O. The normalized spacial score (nSPS) is 20.6. The Morgan fingerprint density at radius 3 is 3.04 bits per heavy atom. The van der Waals surface area contributed by atoms with Crippen LogP contribution in [-0.2, 0) is 18.4 Å². The van der Waals surface area contributed by atoms with Crippen LogP contribution in [0, 0.1) is 5.92 Å². The highest BCUT2D eigenvalue weighted by Gasteiger charge is 2.28. The zero-order valence-corrected chi connectivity index (χ0v) is 14.4.